The highest BCUT2D eigenvalue weighted by molar-refractivity contribution is 7.99. The number of nitrogens with zero attached hydrogens (tertiary/aromatic N) is 2. The van der Waals surface area contributed by atoms with E-state index < -0.39 is 0 Å². The van der Waals surface area contributed by atoms with E-state index in [1.807, 2.05) is 6.07 Å². The molecule has 7 heteroatoms. The van der Waals surface area contributed by atoms with Crippen LogP contribution in [0.15, 0.2) is 47.9 Å². The summed E-state index contributed by atoms with van der Waals surface area (Å²) in [6.45, 7) is 0. The van der Waals surface area contributed by atoms with Crippen LogP contribution in [0.4, 0.5) is 5.69 Å². The van der Waals surface area contributed by atoms with Gasteiger partial charge in [-0.2, -0.15) is 0 Å². The molecular formula is C14H11ClN4OS. The van der Waals surface area contributed by atoms with E-state index in [4.69, 9.17) is 11.6 Å². The molecule has 0 radical (unpaired) electrons. The fourth-order valence-corrected chi connectivity index (χ4v) is 2.58. The lowest BCUT2D eigenvalue weighted by molar-refractivity contribution is -0.113. The number of nitrogens with one attached hydrogen (secondary N) is 2. The first kappa shape index (κ1) is 13.9. The van der Waals surface area contributed by atoms with Crippen LogP contribution in [0.25, 0.3) is 11.0 Å². The van der Waals surface area contributed by atoms with Gasteiger partial charge in [0, 0.05) is 16.9 Å². The van der Waals surface area contributed by atoms with Crippen LogP contribution in [-0.4, -0.2) is 26.6 Å². The van der Waals surface area contributed by atoms with Crippen molar-refractivity contribution in [1.82, 2.24) is 15.0 Å². The van der Waals surface area contributed by atoms with E-state index in [-0.39, 0.29) is 11.7 Å². The molecule has 0 aliphatic carbocycles. The molecule has 0 unspecified atom stereocenters. The van der Waals surface area contributed by atoms with Gasteiger partial charge >= 0.3 is 0 Å². The number of rotatable bonds is 4. The molecule has 2 N–H and O–H groups in total. The lowest BCUT2D eigenvalue weighted by Crippen LogP contribution is -2.13. The highest BCUT2D eigenvalue weighted by Gasteiger charge is 2.07. The van der Waals surface area contributed by atoms with E-state index in [1.165, 1.54) is 11.8 Å². The number of H-pyrrole nitrogens is 1. The average Bonchev–Trinajstić information content (AvgIpc) is 2.90. The summed E-state index contributed by atoms with van der Waals surface area (Å²) in [5.74, 6) is 0.177. The van der Waals surface area contributed by atoms with Gasteiger partial charge in [0.15, 0.2) is 5.16 Å². The normalized spacial score (nSPS) is 10.7. The van der Waals surface area contributed by atoms with Gasteiger partial charge < -0.3 is 10.3 Å². The summed E-state index contributed by atoms with van der Waals surface area (Å²) in [5.41, 5.74) is 2.42. The number of thioether (sulfide) groups is 1. The number of halogens is 1. The number of aromatic nitrogens is 3. The van der Waals surface area contributed by atoms with Gasteiger partial charge in [0.05, 0.1) is 23.0 Å². The molecule has 0 saturated carbocycles. The van der Waals surface area contributed by atoms with Crippen LogP contribution in [0.3, 0.4) is 0 Å². The van der Waals surface area contributed by atoms with Crippen molar-refractivity contribution in [3.63, 3.8) is 0 Å². The van der Waals surface area contributed by atoms with Gasteiger partial charge in [-0.1, -0.05) is 23.4 Å². The zero-order valence-electron chi connectivity index (χ0n) is 10.8. The van der Waals surface area contributed by atoms with Gasteiger partial charge in [0.1, 0.15) is 0 Å². The number of amides is 1. The number of benzene rings is 1. The van der Waals surface area contributed by atoms with Crippen LogP contribution in [0.1, 0.15) is 0 Å². The topological polar surface area (TPSA) is 70.7 Å². The molecule has 1 amide bonds. The molecule has 3 rings (SSSR count). The van der Waals surface area contributed by atoms with E-state index >= 15 is 0 Å². The second-order valence-electron chi connectivity index (χ2n) is 4.28. The number of anilines is 1. The Morgan fingerprint density at radius 3 is 2.86 bits per heavy atom. The number of carbonyl (C=O) groups is 1. The molecule has 21 heavy (non-hydrogen) atoms. The van der Waals surface area contributed by atoms with Crippen molar-refractivity contribution >= 4 is 46.0 Å². The third-order valence-electron chi connectivity index (χ3n) is 2.73. The van der Waals surface area contributed by atoms with E-state index in [0.29, 0.717) is 10.2 Å². The SMILES string of the molecule is O=C(CSc1nc2ccncc2[nH]1)Nc1ccc(Cl)cc1. The van der Waals surface area contributed by atoms with Gasteiger partial charge in [-0.05, 0) is 30.3 Å². The highest BCUT2D eigenvalue weighted by atomic mass is 35.5. The van der Waals surface area contributed by atoms with Crippen molar-refractivity contribution in [3.05, 3.63) is 47.7 Å². The lowest BCUT2D eigenvalue weighted by Gasteiger charge is -2.03. The van der Waals surface area contributed by atoms with Gasteiger partial charge in [-0.3, -0.25) is 9.78 Å². The first-order valence-corrected chi connectivity index (χ1v) is 7.55. The minimum Gasteiger partial charge on any atom is -0.332 e. The Labute approximate surface area is 130 Å². The fourth-order valence-electron chi connectivity index (χ4n) is 1.77. The minimum atomic E-state index is -0.0964. The average molecular weight is 319 g/mol. The third kappa shape index (κ3) is 3.53. The lowest BCUT2D eigenvalue weighted by atomic mass is 10.3. The van der Waals surface area contributed by atoms with Gasteiger partial charge in [0.25, 0.3) is 0 Å². The molecular weight excluding hydrogens is 308 g/mol. The summed E-state index contributed by atoms with van der Waals surface area (Å²) < 4.78 is 0. The Morgan fingerprint density at radius 2 is 2.10 bits per heavy atom. The molecule has 0 aliphatic rings. The van der Waals surface area contributed by atoms with Crippen molar-refractivity contribution in [3.8, 4) is 0 Å². The third-order valence-corrected chi connectivity index (χ3v) is 3.85. The van der Waals surface area contributed by atoms with Crippen LogP contribution < -0.4 is 5.32 Å². The number of hydrogen-bond acceptors (Lipinski definition) is 4. The van der Waals surface area contributed by atoms with Crippen LogP contribution in [-0.2, 0) is 4.79 Å². The molecule has 3 aromatic rings. The molecule has 0 bridgehead atoms. The zero-order valence-corrected chi connectivity index (χ0v) is 12.4. The Morgan fingerprint density at radius 1 is 1.29 bits per heavy atom. The maximum atomic E-state index is 11.9. The number of imidazole rings is 1. The molecule has 1 aromatic carbocycles. The molecule has 0 aliphatic heterocycles. The highest BCUT2D eigenvalue weighted by Crippen LogP contribution is 2.19. The molecule has 0 saturated heterocycles. The van der Waals surface area contributed by atoms with E-state index in [1.54, 1.807) is 36.7 Å². The summed E-state index contributed by atoms with van der Waals surface area (Å²) in [6, 6.07) is 8.81. The number of pyridine rings is 1. The number of aromatic amines is 1. The van der Waals surface area contributed by atoms with Gasteiger partial charge in [-0.15, -0.1) is 0 Å². The summed E-state index contributed by atoms with van der Waals surface area (Å²) in [7, 11) is 0. The summed E-state index contributed by atoms with van der Waals surface area (Å²) >= 11 is 7.14. The predicted octanol–water partition coefficient (Wildman–Crippen LogP) is 3.34. The molecule has 2 heterocycles. The van der Waals surface area contributed by atoms with Crippen molar-refractivity contribution in [1.29, 1.82) is 0 Å². The molecule has 106 valence electrons. The van der Waals surface area contributed by atoms with Crippen molar-refractivity contribution < 1.29 is 4.79 Å². The Kier molecular flexibility index (Phi) is 4.08. The summed E-state index contributed by atoms with van der Waals surface area (Å²) in [4.78, 5) is 23.4. The largest absolute Gasteiger partial charge is 0.332 e. The second-order valence-corrected chi connectivity index (χ2v) is 5.68. The van der Waals surface area contributed by atoms with E-state index in [9.17, 15) is 4.79 Å². The second kappa shape index (κ2) is 6.15. The Hall–Kier alpha value is -2.05. The molecule has 0 fully saturated rings. The monoisotopic (exact) mass is 318 g/mol. The van der Waals surface area contributed by atoms with Crippen LogP contribution in [0.2, 0.25) is 5.02 Å². The minimum absolute atomic E-state index is 0.0964. The summed E-state index contributed by atoms with van der Waals surface area (Å²) in [6.07, 6.45) is 3.39. The van der Waals surface area contributed by atoms with Gasteiger partial charge in [-0.25, -0.2) is 4.98 Å². The molecule has 0 atom stereocenters. The molecule has 2 aromatic heterocycles. The standard InChI is InChI=1S/C14H11ClN4OS/c15-9-1-3-10(4-2-9)17-13(20)8-21-14-18-11-5-6-16-7-12(11)19-14/h1-7H,8H2,(H,17,20)(H,18,19). The van der Waals surface area contributed by atoms with Crippen molar-refractivity contribution in [2.45, 2.75) is 5.16 Å². The first-order valence-electron chi connectivity index (χ1n) is 6.19. The number of hydrogen-bond donors (Lipinski definition) is 2. The Bertz CT molecular complexity index is 739. The maximum absolute atomic E-state index is 11.9. The van der Waals surface area contributed by atoms with Crippen LogP contribution in [0, 0.1) is 0 Å². The predicted molar refractivity (Wildman–Crippen MR) is 84.7 cm³/mol. The number of fused-ring (bicyclic) bond motifs is 1. The van der Waals surface area contributed by atoms with Crippen LogP contribution >= 0.6 is 23.4 Å². The van der Waals surface area contributed by atoms with E-state index in [0.717, 1.165) is 16.7 Å². The smallest absolute Gasteiger partial charge is 0.234 e. The number of carbonyl (C=O) groups excluding carboxylic acids is 1. The molecule has 0 spiro atoms. The van der Waals surface area contributed by atoms with Crippen molar-refractivity contribution in [2.24, 2.45) is 0 Å². The summed E-state index contributed by atoms with van der Waals surface area (Å²) in [5, 5.41) is 4.14. The Balaban J connectivity index is 1.59. The maximum Gasteiger partial charge on any atom is 0.234 e. The van der Waals surface area contributed by atoms with Gasteiger partial charge in [0.2, 0.25) is 5.91 Å². The quantitative estimate of drug-likeness (QED) is 0.724. The fraction of sp³-hybridized carbons (Fsp3) is 0.0714. The first-order chi connectivity index (χ1) is 10.2. The van der Waals surface area contributed by atoms with Crippen molar-refractivity contribution in [2.75, 3.05) is 11.1 Å². The van der Waals surface area contributed by atoms with E-state index in [2.05, 4.69) is 20.3 Å². The zero-order chi connectivity index (χ0) is 14.7. The van der Waals surface area contributed by atoms with Crippen LogP contribution in [0.5, 0.6) is 0 Å². The molecule has 5 nitrogen and oxygen atoms in total.